The van der Waals surface area contributed by atoms with E-state index in [0.717, 1.165) is 31.1 Å². The van der Waals surface area contributed by atoms with Crippen LogP contribution >= 0.6 is 15.9 Å². The van der Waals surface area contributed by atoms with E-state index in [1.807, 2.05) is 12.1 Å². The van der Waals surface area contributed by atoms with Crippen molar-refractivity contribution in [3.63, 3.8) is 0 Å². The molecule has 0 saturated carbocycles. The van der Waals surface area contributed by atoms with E-state index in [-0.39, 0.29) is 5.82 Å². The third-order valence-corrected chi connectivity index (χ3v) is 4.17. The van der Waals surface area contributed by atoms with Crippen molar-refractivity contribution in [2.45, 2.75) is 19.9 Å². The van der Waals surface area contributed by atoms with Crippen LogP contribution in [0.3, 0.4) is 0 Å². The van der Waals surface area contributed by atoms with Crippen LogP contribution in [0.2, 0.25) is 0 Å². The number of rotatable bonds is 5. The average Bonchev–Trinajstić information content (AvgIpc) is 2.82. The predicted molar refractivity (Wildman–Crippen MR) is 76.0 cm³/mol. The van der Waals surface area contributed by atoms with Gasteiger partial charge in [-0.1, -0.05) is 13.0 Å². The molecule has 0 aliphatic carbocycles. The van der Waals surface area contributed by atoms with Crippen LogP contribution in [0.25, 0.3) is 0 Å². The molecule has 1 N–H and O–H groups in total. The maximum atomic E-state index is 13.1. The van der Waals surface area contributed by atoms with Crippen molar-refractivity contribution in [3.05, 3.63) is 34.1 Å². The molecule has 1 saturated heterocycles. The van der Waals surface area contributed by atoms with Crippen molar-refractivity contribution in [1.82, 2.24) is 10.2 Å². The molecule has 1 heterocycles. The minimum atomic E-state index is -0.201. The topological polar surface area (TPSA) is 15.3 Å². The normalized spacial score (nSPS) is 20.5. The third kappa shape index (κ3) is 3.77. The Morgan fingerprint density at radius 1 is 1.50 bits per heavy atom. The Kier molecular flexibility index (Phi) is 5.15. The molecule has 1 aromatic rings. The lowest BCUT2D eigenvalue weighted by Crippen LogP contribution is -2.26. The number of hydrogen-bond acceptors (Lipinski definition) is 2. The summed E-state index contributed by atoms with van der Waals surface area (Å²) < 4.78 is 13.6. The molecule has 1 unspecified atom stereocenters. The summed E-state index contributed by atoms with van der Waals surface area (Å²) in [4.78, 5) is 2.49. The predicted octanol–water partition coefficient (Wildman–Crippen LogP) is 3.02. The summed E-state index contributed by atoms with van der Waals surface area (Å²) in [5.41, 5.74) is 1.12. The maximum Gasteiger partial charge on any atom is 0.137 e. The van der Waals surface area contributed by atoms with Crippen molar-refractivity contribution in [2.24, 2.45) is 5.92 Å². The van der Waals surface area contributed by atoms with Crippen molar-refractivity contribution >= 4 is 15.9 Å². The van der Waals surface area contributed by atoms with Gasteiger partial charge in [-0.05, 0) is 65.6 Å². The molecule has 0 aromatic heterocycles. The summed E-state index contributed by atoms with van der Waals surface area (Å²) in [6.45, 7) is 7.65. The van der Waals surface area contributed by atoms with Crippen molar-refractivity contribution in [2.75, 3.05) is 26.2 Å². The second-order valence-corrected chi connectivity index (χ2v) is 5.78. The van der Waals surface area contributed by atoms with Crippen LogP contribution in [0.1, 0.15) is 18.9 Å². The van der Waals surface area contributed by atoms with Crippen molar-refractivity contribution in [1.29, 1.82) is 0 Å². The molecular formula is C14H20BrFN2. The Hall–Kier alpha value is -0.450. The SMILES string of the molecule is CCN1CCC(CNCc2ccc(F)c(Br)c2)C1. The summed E-state index contributed by atoms with van der Waals surface area (Å²) in [5, 5.41) is 3.46. The number of likely N-dealkylation sites (tertiary alicyclic amines) is 1. The molecular weight excluding hydrogens is 295 g/mol. The van der Waals surface area contributed by atoms with Crippen LogP contribution in [0, 0.1) is 11.7 Å². The second-order valence-electron chi connectivity index (χ2n) is 4.93. The molecule has 18 heavy (non-hydrogen) atoms. The number of hydrogen-bond donors (Lipinski definition) is 1. The highest BCUT2D eigenvalue weighted by Crippen LogP contribution is 2.17. The second kappa shape index (κ2) is 6.64. The molecule has 4 heteroatoms. The molecule has 1 fully saturated rings. The highest BCUT2D eigenvalue weighted by atomic mass is 79.9. The van der Waals surface area contributed by atoms with Crippen molar-refractivity contribution < 1.29 is 4.39 Å². The zero-order valence-electron chi connectivity index (χ0n) is 10.8. The van der Waals surface area contributed by atoms with Gasteiger partial charge in [-0.3, -0.25) is 0 Å². The van der Waals surface area contributed by atoms with Crippen LogP contribution in [0.15, 0.2) is 22.7 Å². The van der Waals surface area contributed by atoms with E-state index in [0.29, 0.717) is 4.47 Å². The zero-order chi connectivity index (χ0) is 13.0. The van der Waals surface area contributed by atoms with Gasteiger partial charge in [-0.2, -0.15) is 0 Å². The van der Waals surface area contributed by atoms with Gasteiger partial charge in [0.1, 0.15) is 5.82 Å². The third-order valence-electron chi connectivity index (χ3n) is 3.56. The Morgan fingerprint density at radius 2 is 2.33 bits per heavy atom. The minimum Gasteiger partial charge on any atom is -0.312 e. The van der Waals surface area contributed by atoms with Gasteiger partial charge >= 0.3 is 0 Å². The number of benzene rings is 1. The van der Waals surface area contributed by atoms with E-state index in [9.17, 15) is 4.39 Å². The van der Waals surface area contributed by atoms with Gasteiger partial charge in [-0.15, -0.1) is 0 Å². The van der Waals surface area contributed by atoms with Crippen LogP contribution in [-0.4, -0.2) is 31.1 Å². The first kappa shape index (κ1) is 14.0. The molecule has 0 spiro atoms. The molecule has 1 aliphatic rings. The fourth-order valence-corrected chi connectivity index (χ4v) is 2.86. The van der Waals surface area contributed by atoms with E-state index in [1.54, 1.807) is 0 Å². The quantitative estimate of drug-likeness (QED) is 0.898. The van der Waals surface area contributed by atoms with E-state index >= 15 is 0 Å². The highest BCUT2D eigenvalue weighted by molar-refractivity contribution is 9.10. The molecule has 0 bridgehead atoms. The van der Waals surface area contributed by atoms with E-state index in [4.69, 9.17) is 0 Å². The fraction of sp³-hybridized carbons (Fsp3) is 0.571. The lowest BCUT2D eigenvalue weighted by Gasteiger charge is -2.13. The molecule has 2 nitrogen and oxygen atoms in total. The lowest BCUT2D eigenvalue weighted by atomic mass is 10.1. The Bertz CT molecular complexity index is 397. The standard InChI is InChI=1S/C14H20BrFN2/c1-2-18-6-5-12(10-18)9-17-8-11-3-4-14(16)13(15)7-11/h3-4,7,12,17H,2,5-6,8-10H2,1H3. The largest absolute Gasteiger partial charge is 0.312 e. The van der Waals surface area contributed by atoms with Crippen LogP contribution in [-0.2, 0) is 6.54 Å². The zero-order valence-corrected chi connectivity index (χ0v) is 12.3. The fourth-order valence-electron chi connectivity index (χ4n) is 2.44. The van der Waals surface area contributed by atoms with Gasteiger partial charge in [0.2, 0.25) is 0 Å². The van der Waals surface area contributed by atoms with E-state index < -0.39 is 0 Å². The minimum absolute atomic E-state index is 0.201. The summed E-state index contributed by atoms with van der Waals surface area (Å²) in [5.74, 6) is 0.557. The smallest absolute Gasteiger partial charge is 0.137 e. The maximum absolute atomic E-state index is 13.1. The van der Waals surface area contributed by atoms with Gasteiger partial charge in [0.15, 0.2) is 0 Å². The first-order valence-corrected chi connectivity index (χ1v) is 7.35. The van der Waals surface area contributed by atoms with Gasteiger partial charge < -0.3 is 10.2 Å². The lowest BCUT2D eigenvalue weighted by molar-refractivity contribution is 0.339. The molecule has 1 aromatic carbocycles. The van der Waals surface area contributed by atoms with E-state index in [1.165, 1.54) is 25.6 Å². The van der Waals surface area contributed by atoms with Gasteiger partial charge in [0.05, 0.1) is 4.47 Å². The molecule has 2 rings (SSSR count). The number of nitrogens with one attached hydrogen (secondary N) is 1. The number of halogens is 2. The first-order chi connectivity index (χ1) is 8.69. The number of nitrogens with zero attached hydrogens (tertiary/aromatic N) is 1. The average molecular weight is 315 g/mol. The Balaban J connectivity index is 1.73. The molecule has 1 aliphatic heterocycles. The van der Waals surface area contributed by atoms with Gasteiger partial charge in [0.25, 0.3) is 0 Å². The highest BCUT2D eigenvalue weighted by Gasteiger charge is 2.20. The molecule has 0 amide bonds. The molecule has 100 valence electrons. The monoisotopic (exact) mass is 314 g/mol. The van der Waals surface area contributed by atoms with Crippen LogP contribution in [0.5, 0.6) is 0 Å². The summed E-state index contributed by atoms with van der Waals surface area (Å²) in [7, 11) is 0. The molecule has 0 radical (unpaired) electrons. The summed E-state index contributed by atoms with van der Waals surface area (Å²) in [6, 6.07) is 5.19. The first-order valence-electron chi connectivity index (χ1n) is 6.56. The summed E-state index contributed by atoms with van der Waals surface area (Å²) in [6.07, 6.45) is 1.29. The Morgan fingerprint density at radius 3 is 3.00 bits per heavy atom. The van der Waals surface area contributed by atoms with E-state index in [2.05, 4.69) is 33.1 Å². The Labute approximate surface area is 117 Å². The molecule has 1 atom stereocenters. The van der Waals surface area contributed by atoms with Crippen molar-refractivity contribution in [3.8, 4) is 0 Å². The van der Waals surface area contributed by atoms with Crippen LogP contribution < -0.4 is 5.32 Å². The van der Waals surface area contributed by atoms with Gasteiger partial charge in [0, 0.05) is 13.1 Å². The summed E-state index contributed by atoms with van der Waals surface area (Å²) >= 11 is 3.21. The van der Waals surface area contributed by atoms with Gasteiger partial charge in [-0.25, -0.2) is 4.39 Å². The van der Waals surface area contributed by atoms with Crippen LogP contribution in [0.4, 0.5) is 4.39 Å².